The minimum atomic E-state index is 0.453. The second-order valence-corrected chi connectivity index (χ2v) is 6.23. The van der Waals surface area contributed by atoms with Crippen LogP contribution in [-0.4, -0.2) is 5.25 Å². The van der Waals surface area contributed by atoms with E-state index < -0.39 is 0 Å². The summed E-state index contributed by atoms with van der Waals surface area (Å²) < 4.78 is 0. The Morgan fingerprint density at radius 3 is 2.56 bits per heavy atom. The highest BCUT2D eigenvalue weighted by Gasteiger charge is 2.11. The molecule has 1 atom stereocenters. The van der Waals surface area contributed by atoms with Crippen LogP contribution in [0.3, 0.4) is 0 Å². The van der Waals surface area contributed by atoms with E-state index in [0.29, 0.717) is 11.2 Å². The molecule has 0 radical (unpaired) electrons. The summed E-state index contributed by atoms with van der Waals surface area (Å²) in [5, 5.41) is 0.453. The maximum Gasteiger partial charge on any atom is 0.0701 e. The lowest BCUT2D eigenvalue weighted by Gasteiger charge is -2.16. The lowest BCUT2D eigenvalue weighted by Crippen LogP contribution is -2.04. The molecule has 96 valence electrons. The van der Waals surface area contributed by atoms with Crippen LogP contribution in [0.2, 0.25) is 0 Å². The standard InChI is InChI=1S/C17H22S/c1-2-16(18-17-11-7-4-8-12-17)14-13-15-9-5-3-6-10-15/h4,7-8,11-12,15-16H,2-3,5-6,9-10H2,1H3. The molecule has 0 nitrogen and oxygen atoms in total. The molecule has 0 spiro atoms. The fourth-order valence-electron chi connectivity index (χ4n) is 2.34. The molecule has 1 heteroatoms. The SMILES string of the molecule is CCC(C#CC1CCCCC1)Sc1ccccc1. The smallest absolute Gasteiger partial charge is 0.0701 e. The van der Waals surface area contributed by atoms with E-state index in [1.165, 1.54) is 37.0 Å². The van der Waals surface area contributed by atoms with E-state index in [9.17, 15) is 0 Å². The van der Waals surface area contributed by atoms with Gasteiger partial charge in [0.15, 0.2) is 0 Å². The Labute approximate surface area is 116 Å². The molecule has 1 aromatic carbocycles. The Kier molecular flexibility index (Phi) is 5.68. The highest BCUT2D eigenvalue weighted by molar-refractivity contribution is 8.00. The first-order valence-corrected chi connectivity index (χ1v) is 7.99. The van der Waals surface area contributed by atoms with E-state index in [0.717, 1.165) is 6.42 Å². The Balaban J connectivity index is 1.90. The summed E-state index contributed by atoms with van der Waals surface area (Å²) in [6.45, 7) is 2.23. The topological polar surface area (TPSA) is 0 Å². The minimum absolute atomic E-state index is 0.453. The molecule has 1 aliphatic carbocycles. The van der Waals surface area contributed by atoms with E-state index >= 15 is 0 Å². The molecule has 0 bridgehead atoms. The number of hydrogen-bond donors (Lipinski definition) is 0. The first-order chi connectivity index (χ1) is 8.88. The highest BCUT2D eigenvalue weighted by Crippen LogP contribution is 2.26. The second-order valence-electron chi connectivity index (χ2n) is 4.95. The number of rotatable bonds is 3. The van der Waals surface area contributed by atoms with E-state index in [2.05, 4.69) is 49.1 Å². The van der Waals surface area contributed by atoms with Crippen LogP contribution in [0.15, 0.2) is 35.2 Å². The predicted octanol–water partition coefficient (Wildman–Crippen LogP) is 5.14. The minimum Gasteiger partial charge on any atom is -0.110 e. The predicted molar refractivity (Wildman–Crippen MR) is 80.7 cm³/mol. The summed E-state index contributed by atoms with van der Waals surface area (Å²) in [6, 6.07) is 10.6. The first-order valence-electron chi connectivity index (χ1n) is 7.11. The molecule has 1 aromatic rings. The molecular weight excluding hydrogens is 236 g/mol. The van der Waals surface area contributed by atoms with Gasteiger partial charge in [-0.1, -0.05) is 56.2 Å². The summed E-state index contributed by atoms with van der Waals surface area (Å²) in [4.78, 5) is 1.34. The summed E-state index contributed by atoms with van der Waals surface area (Å²) in [7, 11) is 0. The van der Waals surface area contributed by atoms with E-state index in [-0.39, 0.29) is 0 Å². The third-order valence-electron chi connectivity index (χ3n) is 3.45. The summed E-state index contributed by atoms with van der Waals surface area (Å²) in [5.41, 5.74) is 0. The van der Waals surface area contributed by atoms with Gasteiger partial charge in [0.2, 0.25) is 0 Å². The summed E-state index contributed by atoms with van der Waals surface area (Å²) in [5.74, 6) is 7.69. The van der Waals surface area contributed by atoms with Crippen molar-refractivity contribution >= 4 is 11.8 Å². The van der Waals surface area contributed by atoms with Gasteiger partial charge in [0, 0.05) is 10.8 Å². The molecule has 0 aliphatic heterocycles. The molecule has 2 rings (SSSR count). The van der Waals surface area contributed by atoms with Crippen LogP contribution in [0.25, 0.3) is 0 Å². The highest BCUT2D eigenvalue weighted by atomic mass is 32.2. The summed E-state index contributed by atoms with van der Waals surface area (Å²) in [6.07, 6.45) is 7.93. The van der Waals surface area contributed by atoms with Crippen molar-refractivity contribution in [1.82, 2.24) is 0 Å². The number of benzene rings is 1. The molecule has 1 unspecified atom stereocenters. The van der Waals surface area contributed by atoms with E-state index in [1.807, 2.05) is 11.8 Å². The molecule has 1 aliphatic rings. The monoisotopic (exact) mass is 258 g/mol. The molecule has 0 aromatic heterocycles. The van der Waals surface area contributed by atoms with Crippen molar-refractivity contribution in [3.8, 4) is 11.8 Å². The number of hydrogen-bond acceptors (Lipinski definition) is 1. The Morgan fingerprint density at radius 1 is 1.17 bits per heavy atom. The molecule has 0 saturated heterocycles. The third-order valence-corrected chi connectivity index (χ3v) is 4.73. The Morgan fingerprint density at radius 2 is 1.89 bits per heavy atom. The number of thioether (sulfide) groups is 1. The summed E-state index contributed by atoms with van der Waals surface area (Å²) >= 11 is 1.90. The fraction of sp³-hybridized carbons (Fsp3) is 0.529. The van der Waals surface area contributed by atoms with Gasteiger partial charge in [-0.3, -0.25) is 0 Å². The average Bonchev–Trinajstić information content (AvgIpc) is 2.45. The van der Waals surface area contributed by atoms with Gasteiger partial charge in [-0.05, 0) is 31.4 Å². The quantitative estimate of drug-likeness (QED) is 0.534. The van der Waals surface area contributed by atoms with E-state index in [1.54, 1.807) is 0 Å². The van der Waals surface area contributed by atoms with Crippen LogP contribution >= 0.6 is 11.8 Å². The zero-order chi connectivity index (χ0) is 12.6. The molecule has 0 heterocycles. The maximum atomic E-state index is 3.52. The van der Waals surface area contributed by atoms with Crippen molar-refractivity contribution in [2.45, 2.75) is 55.6 Å². The average molecular weight is 258 g/mol. The zero-order valence-corrected chi connectivity index (χ0v) is 12.0. The lowest BCUT2D eigenvalue weighted by atomic mass is 9.90. The van der Waals surface area contributed by atoms with Gasteiger partial charge < -0.3 is 0 Å². The largest absolute Gasteiger partial charge is 0.110 e. The van der Waals surface area contributed by atoms with Crippen molar-refractivity contribution in [3.05, 3.63) is 30.3 Å². The van der Waals surface area contributed by atoms with Crippen molar-refractivity contribution in [2.75, 3.05) is 0 Å². The van der Waals surface area contributed by atoms with Crippen LogP contribution in [0.1, 0.15) is 45.4 Å². The molecule has 1 fully saturated rings. The first kappa shape index (κ1) is 13.6. The van der Waals surface area contributed by atoms with E-state index in [4.69, 9.17) is 0 Å². The molecule has 0 amide bonds. The van der Waals surface area contributed by atoms with Gasteiger partial charge in [0.25, 0.3) is 0 Å². The van der Waals surface area contributed by atoms with Gasteiger partial charge in [0.1, 0.15) is 0 Å². The van der Waals surface area contributed by atoms with Crippen molar-refractivity contribution in [1.29, 1.82) is 0 Å². The molecule has 18 heavy (non-hydrogen) atoms. The Bertz CT molecular complexity index is 393. The van der Waals surface area contributed by atoms with Gasteiger partial charge in [-0.2, -0.15) is 0 Å². The van der Waals surface area contributed by atoms with Gasteiger partial charge >= 0.3 is 0 Å². The van der Waals surface area contributed by atoms with Crippen LogP contribution in [0.5, 0.6) is 0 Å². The van der Waals surface area contributed by atoms with Crippen LogP contribution in [0, 0.1) is 17.8 Å². The fourth-order valence-corrected chi connectivity index (χ4v) is 3.27. The second kappa shape index (κ2) is 7.54. The van der Waals surface area contributed by atoms with Gasteiger partial charge in [0.05, 0.1) is 5.25 Å². The van der Waals surface area contributed by atoms with Crippen LogP contribution in [-0.2, 0) is 0 Å². The molecular formula is C17H22S. The normalized spacial score (nSPS) is 17.8. The van der Waals surface area contributed by atoms with Gasteiger partial charge in [-0.25, -0.2) is 0 Å². The van der Waals surface area contributed by atoms with Gasteiger partial charge in [-0.15, -0.1) is 11.8 Å². The third kappa shape index (κ3) is 4.42. The Hall–Kier alpha value is -0.870. The molecule has 1 saturated carbocycles. The van der Waals surface area contributed by atoms with Crippen LogP contribution < -0.4 is 0 Å². The zero-order valence-electron chi connectivity index (χ0n) is 11.2. The van der Waals surface area contributed by atoms with Crippen LogP contribution in [0.4, 0.5) is 0 Å². The molecule has 0 N–H and O–H groups in total. The van der Waals surface area contributed by atoms with Crippen molar-refractivity contribution < 1.29 is 0 Å². The lowest BCUT2D eigenvalue weighted by molar-refractivity contribution is 0.430. The van der Waals surface area contributed by atoms with Crippen molar-refractivity contribution in [2.24, 2.45) is 5.92 Å². The maximum absolute atomic E-state index is 3.52. The van der Waals surface area contributed by atoms with Crippen molar-refractivity contribution in [3.63, 3.8) is 0 Å².